The summed E-state index contributed by atoms with van der Waals surface area (Å²) in [5.74, 6) is -2.97. The molecule has 0 fully saturated rings. The molecule has 0 bridgehead atoms. The Labute approximate surface area is 181 Å². The second-order valence-corrected chi connectivity index (χ2v) is 5.03. The topological polar surface area (TPSA) is 158 Å². The van der Waals surface area contributed by atoms with Gasteiger partial charge in [0.1, 0.15) is 6.42 Å². The third-order valence-corrected chi connectivity index (χ3v) is 2.44. The summed E-state index contributed by atoms with van der Waals surface area (Å²) in [6, 6.07) is 0. The summed E-state index contributed by atoms with van der Waals surface area (Å²) in [7, 11) is 0. The fourth-order valence-electron chi connectivity index (χ4n) is 1.10. The largest absolute Gasteiger partial charge is 0.466 e. The van der Waals surface area contributed by atoms with Crippen LogP contribution in [0.2, 0.25) is 0 Å². The van der Waals surface area contributed by atoms with Crippen LogP contribution < -0.4 is 0 Å². The van der Waals surface area contributed by atoms with Crippen LogP contribution in [0.15, 0.2) is 0 Å². The van der Waals surface area contributed by atoms with Crippen molar-refractivity contribution in [1.29, 1.82) is 0 Å². The Morgan fingerprint density at radius 3 is 1.13 bits per heavy atom. The summed E-state index contributed by atoms with van der Waals surface area (Å²) in [6.07, 6.45) is 0.296. The number of carbonyl (C=O) groups excluding carboxylic acids is 6. The van der Waals surface area contributed by atoms with E-state index in [1.54, 1.807) is 27.7 Å². The number of ether oxygens (including phenoxy) is 6. The standard InChI is InChI=1S/C8H12O6.C6H10O4.C5H10O2/c1-3-12-7(10)4-8(11)14-5-13-6(2)9;1-3-6(8)10-4-9-5(2)7;1-3-5(6)7-4-2/h3-5H2,1-2H3;3-4H2,1-2H3;3-4H2,1-2H3. The predicted octanol–water partition coefficient (Wildman–Crippen LogP) is 1.42. The first kappa shape index (κ1) is 32.5. The van der Waals surface area contributed by atoms with Gasteiger partial charge in [0.05, 0.1) is 13.2 Å². The van der Waals surface area contributed by atoms with Gasteiger partial charge < -0.3 is 28.4 Å². The minimum Gasteiger partial charge on any atom is -0.466 e. The lowest BCUT2D eigenvalue weighted by molar-refractivity contribution is -0.169. The first-order valence-electron chi connectivity index (χ1n) is 9.42. The molecular formula is C19H32O12. The minimum atomic E-state index is -0.787. The van der Waals surface area contributed by atoms with E-state index in [2.05, 4.69) is 28.4 Å². The van der Waals surface area contributed by atoms with Gasteiger partial charge >= 0.3 is 35.8 Å². The van der Waals surface area contributed by atoms with E-state index >= 15 is 0 Å². The summed E-state index contributed by atoms with van der Waals surface area (Å²) < 4.78 is 26.5. The molecule has 0 atom stereocenters. The Hall–Kier alpha value is -3.18. The molecule has 0 aromatic heterocycles. The number of hydrogen-bond donors (Lipinski definition) is 0. The maximum atomic E-state index is 10.8. The van der Waals surface area contributed by atoms with E-state index in [1.807, 2.05) is 0 Å². The van der Waals surface area contributed by atoms with Gasteiger partial charge in [0, 0.05) is 26.7 Å². The molecule has 0 saturated carbocycles. The van der Waals surface area contributed by atoms with Gasteiger partial charge in [-0.05, 0) is 13.8 Å². The first-order valence-corrected chi connectivity index (χ1v) is 9.42. The van der Waals surface area contributed by atoms with Crippen LogP contribution in [0.1, 0.15) is 60.8 Å². The lowest BCUT2D eigenvalue weighted by Crippen LogP contribution is -2.16. The zero-order chi connectivity index (χ0) is 24.7. The third kappa shape index (κ3) is 31.7. The number of hydrogen-bond acceptors (Lipinski definition) is 12. The van der Waals surface area contributed by atoms with Crippen LogP contribution in [0, 0.1) is 0 Å². The lowest BCUT2D eigenvalue weighted by atomic mass is 10.4. The molecule has 0 aliphatic heterocycles. The van der Waals surface area contributed by atoms with Crippen molar-refractivity contribution in [3.05, 3.63) is 0 Å². The summed E-state index contributed by atoms with van der Waals surface area (Å²) >= 11 is 0. The molecule has 12 nitrogen and oxygen atoms in total. The Kier molecular flexibility index (Phi) is 24.2. The highest BCUT2D eigenvalue weighted by Gasteiger charge is 2.11. The van der Waals surface area contributed by atoms with Gasteiger partial charge in [-0.2, -0.15) is 0 Å². The Morgan fingerprint density at radius 2 is 0.806 bits per heavy atom. The molecule has 0 heterocycles. The van der Waals surface area contributed by atoms with Crippen molar-refractivity contribution in [1.82, 2.24) is 0 Å². The summed E-state index contributed by atoms with van der Waals surface area (Å²) in [5, 5.41) is 0. The maximum absolute atomic E-state index is 10.8. The zero-order valence-electron chi connectivity index (χ0n) is 18.8. The monoisotopic (exact) mass is 452 g/mol. The SMILES string of the molecule is CCC(=O)OCOC(C)=O.CCOC(=O)CC.CCOC(=O)CC(=O)OCOC(C)=O. The van der Waals surface area contributed by atoms with Crippen LogP contribution in [0.4, 0.5) is 0 Å². The van der Waals surface area contributed by atoms with E-state index in [9.17, 15) is 28.8 Å². The van der Waals surface area contributed by atoms with Crippen LogP contribution >= 0.6 is 0 Å². The van der Waals surface area contributed by atoms with Crippen molar-refractivity contribution in [3.8, 4) is 0 Å². The molecule has 0 saturated heterocycles. The van der Waals surface area contributed by atoms with E-state index in [0.29, 0.717) is 19.4 Å². The fraction of sp³-hybridized carbons (Fsp3) is 0.684. The molecule has 0 unspecified atom stereocenters. The summed E-state index contributed by atoms with van der Waals surface area (Å²) in [6.45, 7) is 9.24. The maximum Gasteiger partial charge on any atom is 0.320 e. The van der Waals surface area contributed by atoms with E-state index in [1.165, 1.54) is 13.8 Å². The average molecular weight is 452 g/mol. The molecule has 0 N–H and O–H groups in total. The molecule has 0 aliphatic rings. The Balaban J connectivity index is -0.000000404. The highest BCUT2D eigenvalue weighted by atomic mass is 16.7. The van der Waals surface area contributed by atoms with Crippen molar-refractivity contribution in [3.63, 3.8) is 0 Å². The smallest absolute Gasteiger partial charge is 0.320 e. The first-order chi connectivity index (χ1) is 14.5. The van der Waals surface area contributed by atoms with Crippen molar-refractivity contribution < 1.29 is 57.2 Å². The van der Waals surface area contributed by atoms with Gasteiger partial charge in [-0.1, -0.05) is 13.8 Å². The number of carbonyl (C=O) groups is 6. The minimum absolute atomic E-state index is 0.123. The van der Waals surface area contributed by atoms with Crippen molar-refractivity contribution >= 4 is 35.8 Å². The molecule has 0 spiro atoms. The van der Waals surface area contributed by atoms with E-state index in [-0.39, 0.29) is 25.3 Å². The highest BCUT2D eigenvalue weighted by molar-refractivity contribution is 5.91. The van der Waals surface area contributed by atoms with E-state index in [4.69, 9.17) is 0 Å². The van der Waals surface area contributed by atoms with Gasteiger partial charge in [0.25, 0.3) is 0 Å². The van der Waals surface area contributed by atoms with Crippen LogP contribution in [-0.2, 0) is 57.2 Å². The molecular weight excluding hydrogens is 420 g/mol. The van der Waals surface area contributed by atoms with Gasteiger partial charge in [-0.3, -0.25) is 28.8 Å². The molecule has 0 aromatic rings. The van der Waals surface area contributed by atoms with E-state index in [0.717, 1.165) is 0 Å². The molecule has 12 heteroatoms. The second kappa shape index (κ2) is 23.1. The van der Waals surface area contributed by atoms with Gasteiger partial charge in [-0.25, -0.2) is 0 Å². The number of rotatable bonds is 10. The third-order valence-electron chi connectivity index (χ3n) is 2.44. The highest BCUT2D eigenvalue weighted by Crippen LogP contribution is 1.91. The molecule has 180 valence electrons. The van der Waals surface area contributed by atoms with Crippen LogP contribution in [0.5, 0.6) is 0 Å². The quantitative estimate of drug-likeness (QED) is 0.203. The average Bonchev–Trinajstić information content (AvgIpc) is 2.68. The zero-order valence-corrected chi connectivity index (χ0v) is 18.8. The molecule has 0 radical (unpaired) electrons. The lowest BCUT2D eigenvalue weighted by Gasteiger charge is -2.03. The van der Waals surface area contributed by atoms with Crippen molar-refractivity contribution in [2.75, 3.05) is 26.8 Å². The normalized spacial score (nSPS) is 8.71. The number of esters is 6. The predicted molar refractivity (Wildman–Crippen MR) is 104 cm³/mol. The Bertz CT molecular complexity index is 556. The van der Waals surface area contributed by atoms with E-state index < -0.39 is 37.1 Å². The van der Waals surface area contributed by atoms with Crippen LogP contribution in [-0.4, -0.2) is 62.6 Å². The van der Waals surface area contributed by atoms with Crippen molar-refractivity contribution in [2.45, 2.75) is 60.8 Å². The molecule has 0 rings (SSSR count). The fourth-order valence-corrected chi connectivity index (χ4v) is 1.10. The second-order valence-electron chi connectivity index (χ2n) is 5.03. The molecule has 31 heavy (non-hydrogen) atoms. The van der Waals surface area contributed by atoms with Crippen molar-refractivity contribution in [2.24, 2.45) is 0 Å². The molecule has 0 aliphatic carbocycles. The van der Waals surface area contributed by atoms with Gasteiger partial charge in [0.2, 0.25) is 13.6 Å². The van der Waals surface area contributed by atoms with Gasteiger partial charge in [-0.15, -0.1) is 0 Å². The summed E-state index contributed by atoms with van der Waals surface area (Å²) in [4.78, 5) is 62.4. The molecule has 0 aromatic carbocycles. The van der Waals surface area contributed by atoms with Crippen LogP contribution in [0.3, 0.4) is 0 Å². The van der Waals surface area contributed by atoms with Gasteiger partial charge in [0.15, 0.2) is 0 Å². The molecule has 0 amide bonds. The van der Waals surface area contributed by atoms with Crippen LogP contribution in [0.25, 0.3) is 0 Å². The Morgan fingerprint density at radius 1 is 0.484 bits per heavy atom. The summed E-state index contributed by atoms with van der Waals surface area (Å²) in [5.41, 5.74) is 0.